The van der Waals surface area contributed by atoms with E-state index in [-0.39, 0.29) is 36.8 Å². The van der Waals surface area contributed by atoms with Crippen molar-refractivity contribution in [3.05, 3.63) is 59.9 Å². The van der Waals surface area contributed by atoms with E-state index < -0.39 is 113 Å². The first-order valence-electron chi connectivity index (χ1n) is 21.0. The molecular weight excluding hydrogens is 817 g/mol. The molecule has 7 amide bonds. The number of aliphatic hydroxyl groups excluding tert-OH is 1. The van der Waals surface area contributed by atoms with Gasteiger partial charge in [-0.2, -0.15) is 0 Å². The molecule has 0 saturated carbocycles. The lowest BCUT2D eigenvalue weighted by Crippen LogP contribution is -2.64. The van der Waals surface area contributed by atoms with Crippen molar-refractivity contribution in [3.8, 4) is 5.75 Å². The Morgan fingerprint density at radius 1 is 0.889 bits per heavy atom. The summed E-state index contributed by atoms with van der Waals surface area (Å²) in [5.41, 5.74) is -1.92. The average molecular weight is 879 g/mol. The van der Waals surface area contributed by atoms with Gasteiger partial charge in [0.15, 0.2) is 11.7 Å². The number of ether oxygens (including phenoxy) is 1. The smallest absolute Gasteiger partial charge is 0.335 e. The molecule has 1 aromatic carbocycles. The van der Waals surface area contributed by atoms with Crippen LogP contribution in [-0.2, 0) is 38.3 Å². The molecule has 19 nitrogen and oxygen atoms in total. The van der Waals surface area contributed by atoms with Crippen LogP contribution in [0.5, 0.6) is 5.75 Å². The van der Waals surface area contributed by atoms with Crippen molar-refractivity contribution in [3.63, 3.8) is 0 Å². The number of rotatable bonds is 7. The molecule has 0 unspecified atom stereocenters. The van der Waals surface area contributed by atoms with Crippen LogP contribution in [0, 0.1) is 17.8 Å². The Bertz CT molecular complexity index is 2050. The fraction of sp³-hybridized carbons (Fsp3) is 0.568. The monoisotopic (exact) mass is 878 g/mol. The molecule has 19 heteroatoms. The van der Waals surface area contributed by atoms with Crippen molar-refractivity contribution in [2.24, 2.45) is 17.8 Å². The number of aromatic hydroxyl groups is 1. The van der Waals surface area contributed by atoms with Crippen molar-refractivity contribution in [2.75, 3.05) is 27.7 Å². The number of carbonyl (C=O) groups is 8. The van der Waals surface area contributed by atoms with Gasteiger partial charge in [0, 0.05) is 40.3 Å². The Balaban J connectivity index is 1.91. The number of aliphatic hydroxyl groups is 1. The molecule has 2 fully saturated rings. The molecular formula is C44H62N8O11. The number of nitrogens with one attached hydrogen (secondary N) is 3. The lowest BCUT2D eigenvalue weighted by atomic mass is 9.87. The van der Waals surface area contributed by atoms with Gasteiger partial charge in [0.1, 0.15) is 35.5 Å². The number of esters is 1. The zero-order chi connectivity index (χ0) is 47.2. The van der Waals surface area contributed by atoms with Gasteiger partial charge in [-0.05, 0) is 62.6 Å². The predicted octanol–water partition coefficient (Wildman–Crippen LogP) is 0.953. The number of likely N-dealkylation sites (N-methyl/N-ethyl adjacent to an activating group) is 3. The number of aromatic nitrogens is 1. The maximum absolute atomic E-state index is 14.6. The van der Waals surface area contributed by atoms with Gasteiger partial charge in [-0.25, -0.2) is 9.78 Å². The van der Waals surface area contributed by atoms with Gasteiger partial charge in [0.05, 0.1) is 6.10 Å². The molecule has 2 aliphatic rings. The van der Waals surface area contributed by atoms with Crippen molar-refractivity contribution in [2.45, 2.75) is 116 Å². The normalized spacial score (nSPS) is 26.5. The number of cyclic esters (lactones) is 1. The summed E-state index contributed by atoms with van der Waals surface area (Å²) in [5.74, 6) is -8.58. The summed E-state index contributed by atoms with van der Waals surface area (Å²) < 4.78 is 5.74. The van der Waals surface area contributed by atoms with E-state index in [0.29, 0.717) is 0 Å². The highest BCUT2D eigenvalue weighted by Gasteiger charge is 2.49. The number of amides is 7. The van der Waals surface area contributed by atoms with Crippen LogP contribution >= 0.6 is 0 Å². The summed E-state index contributed by atoms with van der Waals surface area (Å²) in [7, 11) is 4.10. The maximum atomic E-state index is 14.6. The van der Waals surface area contributed by atoms with E-state index in [1.165, 1.54) is 77.3 Å². The van der Waals surface area contributed by atoms with E-state index in [1.54, 1.807) is 39.0 Å². The van der Waals surface area contributed by atoms with Gasteiger partial charge >= 0.3 is 5.97 Å². The molecule has 4 rings (SSSR count). The lowest BCUT2D eigenvalue weighted by molar-refractivity contribution is -0.165. The molecule has 8 atom stereocenters. The van der Waals surface area contributed by atoms with Gasteiger partial charge < -0.3 is 50.5 Å². The standard InChI is InChI=1S/C44H62N8O11/c1-23(2)20-29-40(59)52-22-28(53)21-30(52)41(60)51(11)44(7,8)43(62)50(10)33(25(5)24(3)4)36(56)46-26(6)39(58)49(9)34(27-16-13-12-14-17-27)42(61)63-38(37(57)47-29)48-35(55)32-31(54)18-15-19-45-32/h12-19,23-26,28-30,33-34,38,53-54H,20-22H2,1-11H3,(H,46,56)(H,47,57)(H,48,55)/t25-,26-,28+,29+,30+,33-,34-,38-/m1/s1. The van der Waals surface area contributed by atoms with Gasteiger partial charge in [-0.15, -0.1) is 0 Å². The van der Waals surface area contributed by atoms with Crippen molar-refractivity contribution < 1.29 is 53.3 Å². The summed E-state index contributed by atoms with van der Waals surface area (Å²) in [6.07, 6.45) is -2.37. The van der Waals surface area contributed by atoms with E-state index in [0.717, 1.165) is 14.7 Å². The first-order chi connectivity index (χ1) is 29.4. The molecule has 2 aromatic rings. The van der Waals surface area contributed by atoms with Crippen LogP contribution in [-0.4, -0.2) is 152 Å². The van der Waals surface area contributed by atoms with Crippen molar-refractivity contribution in [1.82, 2.24) is 40.5 Å². The summed E-state index contributed by atoms with van der Waals surface area (Å²) in [6.45, 7) is 13.1. The Kier molecular flexibility index (Phi) is 16.0. The summed E-state index contributed by atoms with van der Waals surface area (Å²) in [5, 5.41) is 28.8. The third kappa shape index (κ3) is 11.1. The van der Waals surface area contributed by atoms with E-state index in [1.807, 2.05) is 13.8 Å². The third-order valence-electron chi connectivity index (χ3n) is 12.0. The zero-order valence-corrected chi connectivity index (χ0v) is 37.8. The minimum absolute atomic E-state index is 0.0173. The van der Waals surface area contributed by atoms with Crippen LogP contribution in [0.1, 0.15) is 90.3 Å². The lowest BCUT2D eigenvalue weighted by Gasteiger charge is -2.43. The van der Waals surface area contributed by atoms with Crippen LogP contribution in [0.4, 0.5) is 0 Å². The van der Waals surface area contributed by atoms with Crippen LogP contribution in [0.15, 0.2) is 48.7 Å². The molecule has 5 N–H and O–H groups in total. The van der Waals surface area contributed by atoms with E-state index in [9.17, 15) is 48.6 Å². The number of pyridine rings is 1. The SMILES string of the molecule is CC(C)C[C@@H]1NC(=O)[C@H](NC(=O)c2ncccc2O)OC(=O)[C@@H](c2ccccc2)N(C)C(=O)[C@@H](C)NC(=O)[C@@H]([C@H](C)C(C)C)N(C)C(=O)C(C)(C)N(C)C(=O)[C@@H]2C[C@H](O)CN2C1=O. The highest BCUT2D eigenvalue weighted by molar-refractivity contribution is 6.01. The van der Waals surface area contributed by atoms with Gasteiger partial charge in [0.2, 0.25) is 29.5 Å². The van der Waals surface area contributed by atoms with Crippen LogP contribution in [0.25, 0.3) is 0 Å². The zero-order valence-electron chi connectivity index (χ0n) is 37.8. The molecule has 2 saturated heterocycles. The highest BCUT2D eigenvalue weighted by atomic mass is 16.6. The Morgan fingerprint density at radius 2 is 1.52 bits per heavy atom. The topological polar surface area (TPSA) is 248 Å². The van der Waals surface area contributed by atoms with Crippen LogP contribution < -0.4 is 16.0 Å². The molecule has 1 aromatic heterocycles. The second-order valence-corrected chi connectivity index (χ2v) is 17.7. The molecule has 0 spiro atoms. The predicted molar refractivity (Wildman–Crippen MR) is 228 cm³/mol. The summed E-state index contributed by atoms with van der Waals surface area (Å²) in [4.78, 5) is 123. The number of nitrogens with zero attached hydrogens (tertiary/aromatic N) is 5. The highest BCUT2D eigenvalue weighted by Crippen LogP contribution is 2.29. The molecule has 0 radical (unpaired) electrons. The first-order valence-corrected chi connectivity index (χ1v) is 21.0. The van der Waals surface area contributed by atoms with Crippen molar-refractivity contribution in [1.29, 1.82) is 0 Å². The fourth-order valence-electron chi connectivity index (χ4n) is 7.80. The van der Waals surface area contributed by atoms with E-state index >= 15 is 0 Å². The fourth-order valence-corrected chi connectivity index (χ4v) is 7.80. The number of hydrogen-bond donors (Lipinski definition) is 5. The Labute approximate surface area is 367 Å². The minimum Gasteiger partial charge on any atom is -0.505 e. The largest absolute Gasteiger partial charge is 0.505 e. The third-order valence-corrected chi connectivity index (χ3v) is 12.0. The first kappa shape index (κ1) is 49.5. The Hall–Kier alpha value is -6.11. The number of benzene rings is 1. The summed E-state index contributed by atoms with van der Waals surface area (Å²) in [6, 6.07) is 3.70. The van der Waals surface area contributed by atoms with Crippen molar-refractivity contribution >= 4 is 47.3 Å². The van der Waals surface area contributed by atoms with Crippen LogP contribution in [0.3, 0.4) is 0 Å². The molecule has 63 heavy (non-hydrogen) atoms. The minimum atomic E-state index is -2.21. The number of hydrogen-bond acceptors (Lipinski definition) is 12. The van der Waals surface area contributed by atoms with Crippen LogP contribution in [0.2, 0.25) is 0 Å². The Morgan fingerprint density at radius 3 is 2.11 bits per heavy atom. The quantitative estimate of drug-likeness (QED) is 0.244. The van der Waals surface area contributed by atoms with Gasteiger partial charge in [0.25, 0.3) is 18.0 Å². The average Bonchev–Trinajstić information content (AvgIpc) is 3.62. The molecule has 3 heterocycles. The molecule has 344 valence electrons. The molecule has 2 aliphatic heterocycles. The number of fused-ring (bicyclic) bond motifs is 1. The van der Waals surface area contributed by atoms with Gasteiger partial charge in [-0.1, -0.05) is 65.0 Å². The second kappa shape index (κ2) is 20.4. The summed E-state index contributed by atoms with van der Waals surface area (Å²) >= 11 is 0. The maximum Gasteiger partial charge on any atom is 0.335 e. The molecule has 0 aliphatic carbocycles. The second-order valence-electron chi connectivity index (χ2n) is 17.7. The molecule has 0 bridgehead atoms. The van der Waals surface area contributed by atoms with E-state index in [4.69, 9.17) is 4.74 Å². The van der Waals surface area contributed by atoms with Gasteiger partial charge in [-0.3, -0.25) is 33.6 Å². The van der Waals surface area contributed by atoms with E-state index in [2.05, 4.69) is 20.9 Å². The number of carbonyl (C=O) groups excluding carboxylic acids is 8.